The highest BCUT2D eigenvalue weighted by atomic mass is 16.6. The minimum Gasteiger partial charge on any atom is -0.528 e. The lowest BCUT2D eigenvalue weighted by Crippen LogP contribution is -2.37. The van der Waals surface area contributed by atoms with E-state index in [1.54, 1.807) is 36.4 Å². The highest BCUT2D eigenvalue weighted by Crippen LogP contribution is 2.26. The molecular weight excluding hydrogens is 414 g/mol. The summed E-state index contributed by atoms with van der Waals surface area (Å²) in [5.41, 5.74) is 2.03. The summed E-state index contributed by atoms with van der Waals surface area (Å²) in [6.45, 7) is 0. The van der Waals surface area contributed by atoms with Crippen LogP contribution in [0.3, 0.4) is 0 Å². The van der Waals surface area contributed by atoms with Gasteiger partial charge in [0.15, 0.2) is 23.0 Å². The summed E-state index contributed by atoms with van der Waals surface area (Å²) in [4.78, 5) is 0. The van der Waals surface area contributed by atoms with Gasteiger partial charge in [-0.3, -0.25) is 0 Å². The third kappa shape index (κ3) is 6.00. The molecule has 0 aromatic heterocycles. The predicted octanol–water partition coefficient (Wildman–Crippen LogP) is 1.26. The van der Waals surface area contributed by atoms with Crippen molar-refractivity contribution in [2.75, 3.05) is 0 Å². The molecule has 32 heavy (non-hydrogen) atoms. The molecule has 0 heterocycles. The monoisotopic (exact) mass is 434 g/mol. The van der Waals surface area contributed by atoms with Crippen LogP contribution < -0.4 is 10.9 Å². The number of benzene rings is 3. The Bertz CT molecular complexity index is 1050. The van der Waals surface area contributed by atoms with Gasteiger partial charge in [0, 0.05) is 5.46 Å². The zero-order valence-corrected chi connectivity index (χ0v) is 16.7. The normalized spacial score (nSPS) is 11.1. The van der Waals surface area contributed by atoms with Gasteiger partial charge in [0.05, 0.1) is 12.5 Å². The van der Waals surface area contributed by atoms with Gasteiger partial charge in [0.2, 0.25) is 0 Å². The highest BCUT2D eigenvalue weighted by Gasteiger charge is 2.24. The van der Waals surface area contributed by atoms with E-state index in [1.165, 1.54) is 48.9 Å². The fourth-order valence-corrected chi connectivity index (χ4v) is 2.68. The molecule has 0 aliphatic heterocycles. The lowest BCUT2D eigenvalue weighted by atomic mass is 9.74. The maximum Gasteiger partial charge on any atom is 0.631 e. The molecule has 8 nitrogen and oxygen atoms in total. The summed E-state index contributed by atoms with van der Waals surface area (Å²) in [6, 6.07) is 14.8. The van der Waals surface area contributed by atoms with Gasteiger partial charge >= 0.3 is 14.2 Å². The average molecular weight is 434 g/mol. The molecule has 0 amide bonds. The van der Waals surface area contributed by atoms with Crippen LogP contribution in [0.1, 0.15) is 11.1 Å². The molecule has 3 aromatic carbocycles. The zero-order chi connectivity index (χ0) is 23.1. The topological polar surface area (TPSA) is 140 Å². The van der Waals surface area contributed by atoms with Crippen molar-refractivity contribution in [2.45, 2.75) is 0 Å². The van der Waals surface area contributed by atoms with E-state index in [2.05, 4.69) is 0 Å². The van der Waals surface area contributed by atoms with Gasteiger partial charge in [0.1, 0.15) is 0 Å². The van der Waals surface area contributed by atoms with E-state index in [4.69, 9.17) is 9.31 Å². The van der Waals surface area contributed by atoms with E-state index in [0.29, 0.717) is 22.1 Å². The second-order valence-corrected chi connectivity index (χ2v) is 6.75. The van der Waals surface area contributed by atoms with Crippen molar-refractivity contribution in [2.24, 2.45) is 0 Å². The molecule has 162 valence electrons. The number of hydrogen-bond donors (Lipinski definition) is 6. The number of phenols is 4. The van der Waals surface area contributed by atoms with Crippen LogP contribution >= 0.6 is 0 Å². The van der Waals surface area contributed by atoms with Crippen LogP contribution in [-0.4, -0.2) is 44.7 Å². The maximum absolute atomic E-state index is 9.59. The van der Waals surface area contributed by atoms with Crippen LogP contribution in [0.25, 0.3) is 12.2 Å². The molecule has 0 saturated carbocycles. The van der Waals surface area contributed by atoms with Crippen molar-refractivity contribution in [1.29, 1.82) is 0 Å². The summed E-state index contributed by atoms with van der Waals surface area (Å²) >= 11 is 0. The number of hydrogen-bond acceptors (Lipinski definition) is 8. The van der Waals surface area contributed by atoms with E-state index in [9.17, 15) is 30.5 Å². The first-order valence-corrected chi connectivity index (χ1v) is 9.47. The van der Waals surface area contributed by atoms with Gasteiger partial charge in [-0.15, -0.1) is 0 Å². The van der Waals surface area contributed by atoms with Crippen LogP contribution in [0.4, 0.5) is 0 Å². The van der Waals surface area contributed by atoms with Gasteiger partial charge in [0.25, 0.3) is 0 Å². The van der Waals surface area contributed by atoms with Crippen molar-refractivity contribution >= 4 is 37.3 Å². The molecule has 0 spiro atoms. The van der Waals surface area contributed by atoms with Crippen LogP contribution in [0.15, 0.2) is 73.2 Å². The summed E-state index contributed by atoms with van der Waals surface area (Å²) in [6.07, 6.45) is 5.82. The van der Waals surface area contributed by atoms with Crippen molar-refractivity contribution in [3.63, 3.8) is 0 Å². The maximum atomic E-state index is 9.59. The second-order valence-electron chi connectivity index (χ2n) is 6.75. The van der Waals surface area contributed by atoms with Crippen LogP contribution in [0.5, 0.6) is 23.0 Å². The molecule has 0 radical (unpaired) electrons. The van der Waals surface area contributed by atoms with Gasteiger partial charge in [-0.2, -0.15) is 0 Å². The molecule has 0 unspecified atom stereocenters. The lowest BCUT2D eigenvalue weighted by Gasteiger charge is -2.12. The molecule has 3 aromatic rings. The predicted molar refractivity (Wildman–Crippen MR) is 121 cm³/mol. The molecule has 0 atom stereocenters. The first-order valence-electron chi connectivity index (χ1n) is 9.47. The summed E-state index contributed by atoms with van der Waals surface area (Å²) < 4.78 is 11.3. The molecule has 10 heteroatoms. The van der Waals surface area contributed by atoms with E-state index in [-0.39, 0.29) is 23.0 Å². The average Bonchev–Trinajstić information content (AvgIpc) is 2.77. The summed E-state index contributed by atoms with van der Waals surface area (Å²) in [5, 5.41) is 56.5. The summed E-state index contributed by atoms with van der Waals surface area (Å²) in [7, 11) is -2.52. The molecular formula is C22H20B2O8. The van der Waals surface area contributed by atoms with Gasteiger partial charge in [-0.05, 0) is 53.0 Å². The number of phenolic OH excluding ortho intramolecular Hbond substituents is 4. The van der Waals surface area contributed by atoms with Crippen molar-refractivity contribution < 1.29 is 39.8 Å². The third-order valence-corrected chi connectivity index (χ3v) is 4.43. The van der Waals surface area contributed by atoms with Crippen molar-refractivity contribution in [3.05, 3.63) is 84.3 Å². The standard InChI is InChI=1S/C22H20B2O8/c25-19-7-1-15(13-21(19)27)9-11-31-24(18-5-3-17(4-6-18)23(29)30)32-12-10-16-2-8-20(26)22(28)14-16/h1-14,25-30H. The van der Waals surface area contributed by atoms with Crippen LogP contribution in [-0.2, 0) is 9.31 Å². The molecule has 3 rings (SSSR count). The number of aromatic hydroxyl groups is 4. The Hall–Kier alpha value is -4.01. The smallest absolute Gasteiger partial charge is 0.528 e. The van der Waals surface area contributed by atoms with E-state index < -0.39 is 14.2 Å². The molecule has 0 bridgehead atoms. The Morgan fingerprint density at radius 1 is 0.562 bits per heavy atom. The van der Waals surface area contributed by atoms with E-state index >= 15 is 0 Å². The highest BCUT2D eigenvalue weighted by molar-refractivity contribution is 6.62. The third-order valence-electron chi connectivity index (χ3n) is 4.43. The zero-order valence-electron chi connectivity index (χ0n) is 16.7. The Balaban J connectivity index is 1.76. The van der Waals surface area contributed by atoms with Gasteiger partial charge in [-0.25, -0.2) is 0 Å². The Labute approximate surface area is 184 Å². The van der Waals surface area contributed by atoms with Gasteiger partial charge in [-0.1, -0.05) is 36.4 Å². The first kappa shape index (κ1) is 22.7. The Morgan fingerprint density at radius 3 is 1.41 bits per heavy atom. The number of rotatable bonds is 8. The lowest BCUT2D eigenvalue weighted by molar-refractivity contribution is 0.360. The molecule has 0 fully saturated rings. The van der Waals surface area contributed by atoms with E-state index in [1.807, 2.05) is 0 Å². The fraction of sp³-hybridized carbons (Fsp3) is 0. The molecule has 0 saturated heterocycles. The van der Waals surface area contributed by atoms with Crippen LogP contribution in [0, 0.1) is 0 Å². The first-order chi connectivity index (χ1) is 15.3. The van der Waals surface area contributed by atoms with E-state index in [0.717, 1.165) is 0 Å². The second kappa shape index (κ2) is 10.3. The Kier molecular flexibility index (Phi) is 7.33. The minimum atomic E-state index is -1.60. The largest absolute Gasteiger partial charge is 0.631 e. The SMILES string of the molecule is OB(O)c1ccc(B(OC=Cc2ccc(O)c(O)c2)OC=Cc2ccc(O)c(O)c2)cc1. The Morgan fingerprint density at radius 2 is 1.00 bits per heavy atom. The van der Waals surface area contributed by atoms with Gasteiger partial charge < -0.3 is 39.8 Å². The van der Waals surface area contributed by atoms with Crippen molar-refractivity contribution in [3.8, 4) is 23.0 Å². The van der Waals surface area contributed by atoms with Crippen LogP contribution in [0.2, 0.25) is 0 Å². The van der Waals surface area contributed by atoms with Crippen molar-refractivity contribution in [1.82, 2.24) is 0 Å². The summed E-state index contributed by atoms with van der Waals surface area (Å²) in [5.74, 6) is -1.00. The minimum absolute atomic E-state index is 0.235. The molecule has 0 aliphatic carbocycles. The molecule has 0 aliphatic rings. The molecule has 6 N–H and O–H groups in total. The fourth-order valence-electron chi connectivity index (χ4n) is 2.68. The quantitative estimate of drug-likeness (QED) is 0.177.